The monoisotopic (exact) mass is 497 g/mol. The van der Waals surface area contributed by atoms with Crippen molar-refractivity contribution in [1.29, 1.82) is 0 Å². The largest absolute Gasteiger partial charge is 0.467 e. The molecule has 2 heterocycles. The Kier molecular flexibility index (Phi) is 7.12. The number of fused-ring (bicyclic) bond motifs is 2. The maximum atomic E-state index is 13.9. The van der Waals surface area contributed by atoms with Crippen molar-refractivity contribution < 1.29 is 13.9 Å². The van der Waals surface area contributed by atoms with Gasteiger partial charge in [-0.15, -0.1) is 24.0 Å². The summed E-state index contributed by atoms with van der Waals surface area (Å²) in [6.45, 7) is 4.93. The van der Waals surface area contributed by atoms with Crippen LogP contribution >= 0.6 is 24.0 Å². The van der Waals surface area contributed by atoms with Crippen LogP contribution in [0, 0.1) is 5.82 Å². The summed E-state index contributed by atoms with van der Waals surface area (Å²) in [5, 5.41) is 3.38. The van der Waals surface area contributed by atoms with Crippen molar-refractivity contribution in [3.8, 4) is 5.75 Å². The number of benzene rings is 2. The molecule has 0 bridgehead atoms. The second kappa shape index (κ2) is 9.56. The van der Waals surface area contributed by atoms with E-state index < -0.39 is 0 Å². The average molecular weight is 497 g/mol. The predicted octanol–water partition coefficient (Wildman–Crippen LogP) is 3.88. The standard InChI is InChI=1S/C21H24FN3O2.HI/c1-2-23-21(25-10-8-15-5-3-4-6-19(15)25)24-9-7-16-11-18(22)12-17-13-26-14-27-20(16)17;/h3-6,11-12H,2,7-10,13-14H2,1H3,(H,23,24);1H. The molecule has 0 aliphatic carbocycles. The minimum absolute atomic E-state index is 0. The first-order valence-electron chi connectivity index (χ1n) is 9.42. The van der Waals surface area contributed by atoms with Crippen molar-refractivity contribution in [2.45, 2.75) is 26.4 Å². The smallest absolute Gasteiger partial charge is 0.198 e. The summed E-state index contributed by atoms with van der Waals surface area (Å²) in [4.78, 5) is 7.02. The molecule has 0 saturated heterocycles. The molecule has 2 aliphatic heterocycles. The van der Waals surface area contributed by atoms with Crippen LogP contribution < -0.4 is 15.0 Å². The van der Waals surface area contributed by atoms with Gasteiger partial charge in [-0.1, -0.05) is 18.2 Å². The minimum Gasteiger partial charge on any atom is -0.467 e. The van der Waals surface area contributed by atoms with Gasteiger partial charge in [0.05, 0.1) is 6.61 Å². The van der Waals surface area contributed by atoms with E-state index >= 15 is 0 Å². The number of guanidine groups is 1. The van der Waals surface area contributed by atoms with E-state index in [4.69, 9.17) is 14.5 Å². The Morgan fingerprint density at radius 1 is 1.25 bits per heavy atom. The quantitative estimate of drug-likeness (QED) is 0.396. The van der Waals surface area contributed by atoms with Gasteiger partial charge in [0.15, 0.2) is 12.8 Å². The molecule has 0 spiro atoms. The molecule has 0 atom stereocenters. The zero-order chi connectivity index (χ0) is 18.6. The normalized spacial score (nSPS) is 15.4. The topological polar surface area (TPSA) is 46.1 Å². The van der Waals surface area contributed by atoms with E-state index in [9.17, 15) is 4.39 Å². The number of hydrogen-bond acceptors (Lipinski definition) is 3. The fraction of sp³-hybridized carbons (Fsp3) is 0.381. The highest BCUT2D eigenvalue weighted by molar-refractivity contribution is 14.0. The highest BCUT2D eigenvalue weighted by atomic mass is 127. The van der Waals surface area contributed by atoms with Gasteiger partial charge < -0.3 is 19.7 Å². The Balaban J connectivity index is 0.00000225. The van der Waals surface area contributed by atoms with Crippen LogP contribution in [0.2, 0.25) is 0 Å². The summed E-state index contributed by atoms with van der Waals surface area (Å²) < 4.78 is 24.8. The molecule has 5 nitrogen and oxygen atoms in total. The second-order valence-corrected chi connectivity index (χ2v) is 6.68. The summed E-state index contributed by atoms with van der Waals surface area (Å²) in [6.07, 6.45) is 1.64. The van der Waals surface area contributed by atoms with Crippen molar-refractivity contribution >= 4 is 35.6 Å². The second-order valence-electron chi connectivity index (χ2n) is 6.68. The van der Waals surface area contributed by atoms with Crippen molar-refractivity contribution in [2.75, 3.05) is 31.3 Å². The maximum absolute atomic E-state index is 13.9. The van der Waals surface area contributed by atoms with Gasteiger partial charge in [-0.25, -0.2) is 4.39 Å². The van der Waals surface area contributed by atoms with Gasteiger partial charge in [-0.2, -0.15) is 0 Å². The molecule has 0 amide bonds. The van der Waals surface area contributed by atoms with Gasteiger partial charge in [0, 0.05) is 30.9 Å². The van der Waals surface area contributed by atoms with Crippen LogP contribution in [-0.4, -0.2) is 32.4 Å². The van der Waals surface area contributed by atoms with Gasteiger partial charge in [-0.05, 0) is 49.1 Å². The molecule has 0 unspecified atom stereocenters. The molecular weight excluding hydrogens is 472 g/mol. The number of para-hydroxylation sites is 1. The van der Waals surface area contributed by atoms with Crippen LogP contribution in [0.4, 0.5) is 10.1 Å². The summed E-state index contributed by atoms with van der Waals surface area (Å²) >= 11 is 0. The van der Waals surface area contributed by atoms with Crippen LogP contribution in [0.5, 0.6) is 5.75 Å². The van der Waals surface area contributed by atoms with E-state index in [1.165, 1.54) is 23.4 Å². The SMILES string of the molecule is CCNC(=NCCc1cc(F)cc2c1OCOC2)N1CCc2ccccc21.I. The number of halogens is 2. The highest BCUT2D eigenvalue weighted by Gasteiger charge is 2.22. The number of anilines is 1. The molecule has 4 rings (SSSR count). The summed E-state index contributed by atoms with van der Waals surface area (Å²) in [7, 11) is 0. The van der Waals surface area contributed by atoms with Crippen molar-refractivity contribution in [3.05, 3.63) is 58.9 Å². The number of aliphatic imine (C=N–C) groups is 1. The van der Waals surface area contributed by atoms with Gasteiger partial charge in [0.25, 0.3) is 0 Å². The van der Waals surface area contributed by atoms with E-state index in [1.807, 2.05) is 0 Å². The number of ether oxygens (including phenoxy) is 2. The predicted molar refractivity (Wildman–Crippen MR) is 119 cm³/mol. The first-order chi connectivity index (χ1) is 13.3. The van der Waals surface area contributed by atoms with E-state index in [0.717, 1.165) is 42.3 Å². The van der Waals surface area contributed by atoms with E-state index in [0.29, 0.717) is 19.6 Å². The molecule has 0 radical (unpaired) electrons. The van der Waals surface area contributed by atoms with Crippen LogP contribution in [0.15, 0.2) is 41.4 Å². The first kappa shape index (κ1) is 20.9. The van der Waals surface area contributed by atoms with Crippen LogP contribution in [0.3, 0.4) is 0 Å². The molecule has 0 aromatic heterocycles. The lowest BCUT2D eigenvalue weighted by molar-refractivity contribution is -0.0172. The van der Waals surface area contributed by atoms with E-state index in [1.54, 1.807) is 0 Å². The number of rotatable bonds is 4. The lowest BCUT2D eigenvalue weighted by Crippen LogP contribution is -2.40. The summed E-state index contributed by atoms with van der Waals surface area (Å²) in [5.74, 6) is 1.36. The van der Waals surface area contributed by atoms with Gasteiger partial charge in [0.2, 0.25) is 0 Å². The molecule has 0 fully saturated rings. The van der Waals surface area contributed by atoms with Crippen LogP contribution in [-0.2, 0) is 24.2 Å². The van der Waals surface area contributed by atoms with Crippen molar-refractivity contribution in [3.63, 3.8) is 0 Å². The fourth-order valence-corrected chi connectivity index (χ4v) is 3.68. The zero-order valence-corrected chi connectivity index (χ0v) is 18.2. The van der Waals surface area contributed by atoms with Crippen molar-refractivity contribution in [1.82, 2.24) is 5.32 Å². The third-order valence-corrected chi connectivity index (χ3v) is 4.87. The molecule has 7 heteroatoms. The Morgan fingerprint density at radius 2 is 2.11 bits per heavy atom. The summed E-state index contributed by atoms with van der Waals surface area (Å²) in [6, 6.07) is 11.4. The first-order valence-corrected chi connectivity index (χ1v) is 9.42. The van der Waals surface area contributed by atoms with Crippen LogP contribution in [0.1, 0.15) is 23.6 Å². The molecule has 28 heavy (non-hydrogen) atoms. The van der Waals surface area contributed by atoms with E-state index in [-0.39, 0.29) is 36.6 Å². The fourth-order valence-electron chi connectivity index (χ4n) is 3.68. The third-order valence-electron chi connectivity index (χ3n) is 4.87. The average Bonchev–Trinajstić information content (AvgIpc) is 3.11. The number of nitrogens with zero attached hydrogens (tertiary/aromatic N) is 2. The van der Waals surface area contributed by atoms with E-state index in [2.05, 4.69) is 41.4 Å². The number of hydrogen-bond donors (Lipinski definition) is 1. The molecule has 1 N–H and O–H groups in total. The Hall–Kier alpha value is -1.87. The molecule has 2 aromatic carbocycles. The summed E-state index contributed by atoms with van der Waals surface area (Å²) in [5.41, 5.74) is 4.16. The lowest BCUT2D eigenvalue weighted by atomic mass is 10.1. The molecule has 0 saturated carbocycles. The molecule has 150 valence electrons. The third kappa shape index (κ3) is 4.41. The number of nitrogens with one attached hydrogen (secondary N) is 1. The Bertz CT molecular complexity index is 860. The molecular formula is C21H25FIN3O2. The maximum Gasteiger partial charge on any atom is 0.198 e. The molecule has 2 aliphatic rings. The van der Waals surface area contributed by atoms with Gasteiger partial charge in [-0.3, -0.25) is 4.99 Å². The zero-order valence-electron chi connectivity index (χ0n) is 15.9. The Morgan fingerprint density at radius 3 is 2.96 bits per heavy atom. The van der Waals surface area contributed by atoms with Crippen LogP contribution in [0.25, 0.3) is 0 Å². The Labute approximate surface area is 182 Å². The lowest BCUT2D eigenvalue weighted by Gasteiger charge is -2.23. The minimum atomic E-state index is -0.262. The van der Waals surface area contributed by atoms with Crippen molar-refractivity contribution in [2.24, 2.45) is 4.99 Å². The highest BCUT2D eigenvalue weighted by Crippen LogP contribution is 2.30. The van der Waals surface area contributed by atoms with Gasteiger partial charge in [0.1, 0.15) is 11.6 Å². The molecule has 2 aromatic rings. The van der Waals surface area contributed by atoms with Gasteiger partial charge >= 0.3 is 0 Å².